The zero-order chi connectivity index (χ0) is 10.2. The van der Waals surface area contributed by atoms with Gasteiger partial charge in [-0.2, -0.15) is 0 Å². The molecular weight excluding hydrogens is 176 g/mol. The van der Waals surface area contributed by atoms with Crippen molar-refractivity contribution < 1.29 is 9.47 Å². The molecule has 14 heavy (non-hydrogen) atoms. The van der Waals surface area contributed by atoms with Gasteiger partial charge in [0, 0.05) is 20.6 Å². The maximum Gasteiger partial charge on any atom is 0.178 e. The summed E-state index contributed by atoms with van der Waals surface area (Å²) in [5, 5.41) is 0. The van der Waals surface area contributed by atoms with E-state index in [0.29, 0.717) is 0 Å². The van der Waals surface area contributed by atoms with Gasteiger partial charge in [-0.3, -0.25) is 0 Å². The van der Waals surface area contributed by atoms with Gasteiger partial charge in [0.1, 0.15) is 0 Å². The summed E-state index contributed by atoms with van der Waals surface area (Å²) in [4.78, 5) is 0. The molecule has 1 aliphatic carbocycles. The Labute approximate surface area is 84.8 Å². The number of methoxy groups -OCH3 is 2. The number of benzene rings is 1. The van der Waals surface area contributed by atoms with E-state index in [1.165, 1.54) is 5.56 Å². The molecule has 0 spiro atoms. The van der Waals surface area contributed by atoms with Gasteiger partial charge in [-0.1, -0.05) is 37.3 Å². The standard InChI is InChI=1S/C12H16O2/c1-11(9-12(11,13-2)14-3)10-7-5-4-6-8-10/h4-8H,9H2,1-3H3. The average Bonchev–Trinajstić information content (AvgIpc) is 2.88. The molecule has 1 fully saturated rings. The highest BCUT2D eigenvalue weighted by molar-refractivity contribution is 5.36. The largest absolute Gasteiger partial charge is 0.352 e. The lowest BCUT2D eigenvalue weighted by Crippen LogP contribution is -2.25. The highest BCUT2D eigenvalue weighted by atomic mass is 16.7. The predicted octanol–water partition coefficient (Wildman–Crippen LogP) is 2.34. The summed E-state index contributed by atoms with van der Waals surface area (Å²) < 4.78 is 10.9. The molecule has 0 bridgehead atoms. The van der Waals surface area contributed by atoms with Crippen LogP contribution >= 0.6 is 0 Å². The summed E-state index contributed by atoms with van der Waals surface area (Å²) in [6, 6.07) is 10.4. The fourth-order valence-electron chi connectivity index (χ4n) is 2.23. The third-order valence-corrected chi connectivity index (χ3v) is 3.37. The van der Waals surface area contributed by atoms with Gasteiger partial charge in [-0.25, -0.2) is 0 Å². The molecule has 0 N–H and O–H groups in total. The predicted molar refractivity (Wildman–Crippen MR) is 55.2 cm³/mol. The molecule has 1 aromatic rings. The van der Waals surface area contributed by atoms with E-state index >= 15 is 0 Å². The minimum Gasteiger partial charge on any atom is -0.352 e. The molecule has 1 aromatic carbocycles. The normalized spacial score (nSPS) is 28.8. The van der Waals surface area contributed by atoms with Crippen LogP contribution in [-0.2, 0) is 14.9 Å². The Hall–Kier alpha value is -0.860. The van der Waals surface area contributed by atoms with E-state index in [1.807, 2.05) is 6.07 Å². The molecule has 2 nitrogen and oxygen atoms in total. The molecule has 0 aromatic heterocycles. The minimum atomic E-state index is -0.408. The third-order valence-electron chi connectivity index (χ3n) is 3.37. The van der Waals surface area contributed by atoms with Gasteiger partial charge in [0.15, 0.2) is 5.79 Å². The summed E-state index contributed by atoms with van der Waals surface area (Å²) >= 11 is 0. The Morgan fingerprint density at radius 1 is 1.07 bits per heavy atom. The van der Waals surface area contributed by atoms with Crippen molar-refractivity contribution in [1.82, 2.24) is 0 Å². The van der Waals surface area contributed by atoms with Crippen molar-refractivity contribution in [3.63, 3.8) is 0 Å². The first-order valence-corrected chi connectivity index (χ1v) is 4.84. The van der Waals surface area contributed by atoms with Crippen molar-refractivity contribution in [2.45, 2.75) is 24.5 Å². The summed E-state index contributed by atoms with van der Waals surface area (Å²) in [6.07, 6.45) is 0.928. The van der Waals surface area contributed by atoms with Gasteiger partial charge >= 0.3 is 0 Å². The molecule has 0 radical (unpaired) electrons. The van der Waals surface area contributed by atoms with E-state index in [-0.39, 0.29) is 5.41 Å². The molecule has 2 heteroatoms. The lowest BCUT2D eigenvalue weighted by atomic mass is 9.97. The first kappa shape index (κ1) is 9.69. The number of rotatable bonds is 3. The Balaban J connectivity index is 2.30. The van der Waals surface area contributed by atoms with Crippen molar-refractivity contribution in [2.75, 3.05) is 14.2 Å². The van der Waals surface area contributed by atoms with Gasteiger partial charge in [0.25, 0.3) is 0 Å². The van der Waals surface area contributed by atoms with E-state index in [1.54, 1.807) is 14.2 Å². The fourth-order valence-corrected chi connectivity index (χ4v) is 2.23. The zero-order valence-electron chi connectivity index (χ0n) is 8.91. The molecule has 1 aliphatic rings. The molecule has 1 unspecified atom stereocenters. The molecule has 0 heterocycles. The minimum absolute atomic E-state index is 0.0117. The lowest BCUT2D eigenvalue weighted by Gasteiger charge is -2.20. The second-order valence-corrected chi connectivity index (χ2v) is 4.04. The first-order chi connectivity index (χ1) is 6.68. The van der Waals surface area contributed by atoms with Gasteiger partial charge in [0.05, 0.1) is 5.41 Å². The highest BCUT2D eigenvalue weighted by Gasteiger charge is 2.67. The Morgan fingerprint density at radius 2 is 1.64 bits per heavy atom. The molecule has 1 atom stereocenters. The fraction of sp³-hybridized carbons (Fsp3) is 0.500. The first-order valence-electron chi connectivity index (χ1n) is 4.84. The van der Waals surface area contributed by atoms with Gasteiger partial charge < -0.3 is 9.47 Å². The van der Waals surface area contributed by atoms with E-state index in [4.69, 9.17) is 9.47 Å². The monoisotopic (exact) mass is 192 g/mol. The maximum atomic E-state index is 5.45. The van der Waals surface area contributed by atoms with Crippen molar-refractivity contribution in [2.24, 2.45) is 0 Å². The average molecular weight is 192 g/mol. The molecule has 2 rings (SSSR count). The Kier molecular flexibility index (Phi) is 2.13. The van der Waals surface area contributed by atoms with Gasteiger partial charge in [-0.15, -0.1) is 0 Å². The van der Waals surface area contributed by atoms with Crippen LogP contribution in [0.1, 0.15) is 18.9 Å². The van der Waals surface area contributed by atoms with E-state index in [9.17, 15) is 0 Å². The van der Waals surface area contributed by atoms with Crippen LogP contribution < -0.4 is 0 Å². The van der Waals surface area contributed by atoms with Crippen LogP contribution in [0.5, 0.6) is 0 Å². The van der Waals surface area contributed by atoms with E-state index in [0.717, 1.165) is 6.42 Å². The molecule has 0 amide bonds. The van der Waals surface area contributed by atoms with Crippen molar-refractivity contribution >= 4 is 0 Å². The van der Waals surface area contributed by atoms with Gasteiger partial charge in [0.2, 0.25) is 0 Å². The summed E-state index contributed by atoms with van der Waals surface area (Å²) in [5.41, 5.74) is 1.29. The van der Waals surface area contributed by atoms with Crippen molar-refractivity contribution in [1.29, 1.82) is 0 Å². The number of hydrogen-bond donors (Lipinski definition) is 0. The van der Waals surface area contributed by atoms with Crippen LogP contribution in [0.3, 0.4) is 0 Å². The summed E-state index contributed by atoms with van der Waals surface area (Å²) in [7, 11) is 3.41. The second kappa shape index (κ2) is 3.07. The van der Waals surface area contributed by atoms with E-state index < -0.39 is 5.79 Å². The Bertz CT molecular complexity index is 316. The quantitative estimate of drug-likeness (QED) is 0.684. The second-order valence-electron chi connectivity index (χ2n) is 4.04. The van der Waals surface area contributed by atoms with Crippen molar-refractivity contribution in [3.8, 4) is 0 Å². The number of hydrogen-bond acceptors (Lipinski definition) is 2. The zero-order valence-corrected chi connectivity index (χ0v) is 8.91. The summed E-state index contributed by atoms with van der Waals surface area (Å²) in [6.45, 7) is 2.18. The number of ether oxygens (including phenoxy) is 2. The van der Waals surface area contributed by atoms with Crippen LogP contribution in [0.25, 0.3) is 0 Å². The van der Waals surface area contributed by atoms with Crippen LogP contribution in [0.15, 0.2) is 30.3 Å². The smallest absolute Gasteiger partial charge is 0.178 e. The molecule has 0 saturated heterocycles. The third kappa shape index (κ3) is 1.11. The van der Waals surface area contributed by atoms with Crippen LogP contribution in [0, 0.1) is 0 Å². The van der Waals surface area contributed by atoms with Crippen LogP contribution in [0.4, 0.5) is 0 Å². The van der Waals surface area contributed by atoms with Crippen LogP contribution in [0.2, 0.25) is 0 Å². The summed E-state index contributed by atoms with van der Waals surface area (Å²) in [5.74, 6) is -0.408. The van der Waals surface area contributed by atoms with E-state index in [2.05, 4.69) is 31.2 Å². The molecule has 0 aliphatic heterocycles. The van der Waals surface area contributed by atoms with Crippen molar-refractivity contribution in [3.05, 3.63) is 35.9 Å². The highest BCUT2D eigenvalue weighted by Crippen LogP contribution is 2.59. The Morgan fingerprint density at radius 3 is 2.07 bits per heavy atom. The van der Waals surface area contributed by atoms with Crippen LogP contribution in [-0.4, -0.2) is 20.0 Å². The maximum absolute atomic E-state index is 5.45. The van der Waals surface area contributed by atoms with Gasteiger partial charge in [-0.05, 0) is 5.56 Å². The molecular formula is C12H16O2. The lowest BCUT2D eigenvalue weighted by molar-refractivity contribution is -0.143. The molecule has 76 valence electrons. The topological polar surface area (TPSA) is 18.5 Å². The molecule has 1 saturated carbocycles. The SMILES string of the molecule is COC1(OC)CC1(C)c1ccccc1.